The van der Waals surface area contributed by atoms with Gasteiger partial charge in [0.25, 0.3) is 0 Å². The maximum absolute atomic E-state index is 13.1. The number of carbonyl (C=O) groups is 2. The Hall–Kier alpha value is -3.55. The van der Waals surface area contributed by atoms with E-state index in [9.17, 15) is 9.59 Å². The molecule has 0 fully saturated rings. The molecule has 7 nitrogen and oxygen atoms in total. The van der Waals surface area contributed by atoms with Gasteiger partial charge in [-0.3, -0.25) is 4.79 Å². The lowest BCUT2D eigenvalue weighted by Gasteiger charge is -2.44. The van der Waals surface area contributed by atoms with Crippen molar-refractivity contribution in [2.24, 2.45) is 5.10 Å². The van der Waals surface area contributed by atoms with Gasteiger partial charge in [-0.2, -0.15) is 0 Å². The molecule has 0 saturated carbocycles. The first-order valence-corrected chi connectivity index (χ1v) is 11.4. The number of hydrazone groups is 1. The highest BCUT2D eigenvalue weighted by molar-refractivity contribution is 6.37. The second-order valence-electron chi connectivity index (χ2n) is 7.79. The SMILES string of the molecule is CCOC(=O)C1=NN(c2ccc(Cl)cc2)C2(c3ccccc3)c3cc(Cl)ccc3NC(=O)CN12. The van der Waals surface area contributed by atoms with Crippen molar-refractivity contribution in [3.8, 4) is 0 Å². The van der Waals surface area contributed by atoms with E-state index < -0.39 is 11.6 Å². The number of amidine groups is 1. The fourth-order valence-corrected chi connectivity index (χ4v) is 4.76. The molecule has 1 amide bonds. The quantitative estimate of drug-likeness (QED) is 0.525. The number of benzene rings is 3. The summed E-state index contributed by atoms with van der Waals surface area (Å²) in [5.41, 5.74) is 1.47. The highest BCUT2D eigenvalue weighted by Gasteiger charge is 2.57. The van der Waals surface area contributed by atoms with E-state index in [1.807, 2.05) is 42.5 Å². The number of nitrogens with one attached hydrogen (secondary N) is 1. The summed E-state index contributed by atoms with van der Waals surface area (Å²) in [5, 5.41) is 10.5. The van der Waals surface area contributed by atoms with Crippen LogP contribution in [0.15, 0.2) is 77.9 Å². The Morgan fingerprint density at radius 3 is 2.47 bits per heavy atom. The second kappa shape index (κ2) is 8.66. The molecule has 9 heteroatoms. The van der Waals surface area contributed by atoms with Gasteiger partial charge in [-0.15, -0.1) is 5.10 Å². The molecule has 0 aromatic heterocycles. The lowest BCUT2D eigenvalue weighted by atomic mass is 9.87. The van der Waals surface area contributed by atoms with Crippen molar-refractivity contribution >= 4 is 52.3 Å². The lowest BCUT2D eigenvalue weighted by molar-refractivity contribution is -0.136. The average Bonchev–Trinajstić information content (AvgIpc) is 3.10. The number of carbonyl (C=O) groups excluding carboxylic acids is 2. The summed E-state index contributed by atoms with van der Waals surface area (Å²) < 4.78 is 5.33. The van der Waals surface area contributed by atoms with E-state index >= 15 is 0 Å². The van der Waals surface area contributed by atoms with Crippen molar-refractivity contribution < 1.29 is 14.3 Å². The maximum Gasteiger partial charge on any atom is 0.376 e. The third-order valence-corrected chi connectivity index (χ3v) is 6.27. The molecule has 5 rings (SSSR count). The third kappa shape index (κ3) is 3.48. The zero-order valence-electron chi connectivity index (χ0n) is 18.2. The molecule has 3 aromatic carbocycles. The van der Waals surface area contributed by atoms with Gasteiger partial charge in [0.05, 0.1) is 12.3 Å². The minimum Gasteiger partial charge on any atom is -0.460 e. The van der Waals surface area contributed by atoms with Gasteiger partial charge in [-0.25, -0.2) is 9.80 Å². The molecule has 0 saturated heterocycles. The monoisotopic (exact) mass is 494 g/mol. The second-order valence-corrected chi connectivity index (χ2v) is 8.67. The van der Waals surface area contributed by atoms with Crippen LogP contribution < -0.4 is 10.3 Å². The molecule has 0 radical (unpaired) electrons. The molecular formula is C25H20Cl2N4O3. The van der Waals surface area contributed by atoms with E-state index in [4.69, 9.17) is 33.0 Å². The molecule has 1 N–H and O–H groups in total. The Morgan fingerprint density at radius 1 is 1.06 bits per heavy atom. The predicted molar refractivity (Wildman–Crippen MR) is 132 cm³/mol. The van der Waals surface area contributed by atoms with Gasteiger partial charge in [0.2, 0.25) is 11.7 Å². The van der Waals surface area contributed by atoms with E-state index in [-0.39, 0.29) is 24.9 Å². The number of ether oxygens (including phenoxy) is 1. The van der Waals surface area contributed by atoms with E-state index in [1.165, 1.54) is 0 Å². The largest absolute Gasteiger partial charge is 0.460 e. The zero-order valence-corrected chi connectivity index (χ0v) is 19.7. The number of fused-ring (bicyclic) bond motifs is 3. The van der Waals surface area contributed by atoms with Gasteiger partial charge in [-0.05, 0) is 49.4 Å². The van der Waals surface area contributed by atoms with Crippen LogP contribution in [0.2, 0.25) is 10.0 Å². The van der Waals surface area contributed by atoms with E-state index in [2.05, 4.69) is 5.32 Å². The summed E-state index contributed by atoms with van der Waals surface area (Å²) in [7, 11) is 0. The minimum atomic E-state index is -1.21. The molecule has 2 aliphatic heterocycles. The summed E-state index contributed by atoms with van der Waals surface area (Å²) >= 11 is 12.6. The van der Waals surface area contributed by atoms with Crippen LogP contribution in [0.3, 0.4) is 0 Å². The molecule has 3 aromatic rings. The number of amides is 1. The van der Waals surface area contributed by atoms with Gasteiger partial charge >= 0.3 is 5.97 Å². The van der Waals surface area contributed by atoms with E-state index in [0.717, 1.165) is 5.56 Å². The van der Waals surface area contributed by atoms with Crippen molar-refractivity contribution in [3.05, 3.63) is 94.0 Å². The van der Waals surface area contributed by atoms with E-state index in [0.29, 0.717) is 27.0 Å². The average molecular weight is 495 g/mol. The molecule has 0 spiro atoms. The summed E-state index contributed by atoms with van der Waals surface area (Å²) in [5.74, 6) is -0.905. The first-order chi connectivity index (χ1) is 16.4. The molecule has 1 atom stereocenters. The van der Waals surface area contributed by atoms with Crippen LogP contribution in [0.5, 0.6) is 0 Å². The fourth-order valence-electron chi connectivity index (χ4n) is 4.46. The molecule has 2 heterocycles. The zero-order chi connectivity index (χ0) is 23.9. The Kier molecular flexibility index (Phi) is 5.67. The first kappa shape index (κ1) is 22.3. The highest BCUT2D eigenvalue weighted by Crippen LogP contribution is 2.50. The number of rotatable bonds is 4. The topological polar surface area (TPSA) is 74.2 Å². The van der Waals surface area contributed by atoms with Crippen LogP contribution in [-0.2, 0) is 20.0 Å². The lowest BCUT2D eigenvalue weighted by Crippen LogP contribution is -2.55. The molecule has 2 aliphatic rings. The minimum absolute atomic E-state index is 0.0172. The van der Waals surface area contributed by atoms with Gasteiger partial charge < -0.3 is 15.0 Å². The summed E-state index contributed by atoms with van der Waals surface area (Å²) in [6.45, 7) is 1.75. The van der Waals surface area contributed by atoms with Crippen LogP contribution in [0.4, 0.5) is 11.4 Å². The van der Waals surface area contributed by atoms with Crippen LogP contribution in [0.1, 0.15) is 18.1 Å². The highest BCUT2D eigenvalue weighted by atomic mass is 35.5. The number of nitrogens with zero attached hydrogens (tertiary/aromatic N) is 3. The number of hydrogen-bond donors (Lipinski definition) is 1. The van der Waals surface area contributed by atoms with Crippen LogP contribution in [0, 0.1) is 0 Å². The summed E-state index contributed by atoms with van der Waals surface area (Å²) in [6.07, 6.45) is 0. The van der Waals surface area contributed by atoms with Gasteiger partial charge in [0.1, 0.15) is 6.54 Å². The standard InChI is InChI=1S/C25H20Cl2N4O3/c1-2-34-24(33)23-29-31(19-11-8-17(26)9-12-19)25(16-6-4-3-5-7-16)20-14-18(27)10-13-21(20)28-22(32)15-30(23)25/h3-14H,2,15H2,1H3,(H,28,32). The predicted octanol–water partition coefficient (Wildman–Crippen LogP) is 4.85. The Bertz CT molecular complexity index is 1300. The molecule has 0 bridgehead atoms. The molecule has 34 heavy (non-hydrogen) atoms. The Labute approximate surface area is 206 Å². The Balaban J connectivity index is 1.88. The fraction of sp³-hybridized carbons (Fsp3) is 0.160. The third-order valence-electron chi connectivity index (χ3n) is 5.79. The summed E-state index contributed by atoms with van der Waals surface area (Å²) in [4.78, 5) is 27.8. The van der Waals surface area contributed by atoms with Gasteiger partial charge in [0.15, 0.2) is 5.66 Å². The normalized spacial score (nSPS) is 19.0. The van der Waals surface area contributed by atoms with Gasteiger partial charge in [0, 0.05) is 26.9 Å². The smallest absolute Gasteiger partial charge is 0.376 e. The Morgan fingerprint density at radius 2 is 1.76 bits per heavy atom. The van der Waals surface area contributed by atoms with Gasteiger partial charge in [-0.1, -0.05) is 53.5 Å². The van der Waals surface area contributed by atoms with E-state index in [1.54, 1.807) is 47.2 Å². The van der Waals surface area contributed by atoms with Crippen molar-refractivity contribution in [2.45, 2.75) is 12.6 Å². The number of hydrogen-bond acceptors (Lipinski definition) is 6. The number of halogens is 2. The first-order valence-electron chi connectivity index (χ1n) is 10.7. The van der Waals surface area contributed by atoms with Crippen molar-refractivity contribution in [1.82, 2.24) is 4.90 Å². The van der Waals surface area contributed by atoms with Crippen LogP contribution >= 0.6 is 23.2 Å². The maximum atomic E-state index is 13.1. The van der Waals surface area contributed by atoms with Crippen molar-refractivity contribution in [3.63, 3.8) is 0 Å². The molecule has 172 valence electrons. The summed E-state index contributed by atoms with van der Waals surface area (Å²) in [6, 6.07) is 21.9. The molecule has 1 unspecified atom stereocenters. The van der Waals surface area contributed by atoms with Crippen molar-refractivity contribution in [2.75, 3.05) is 23.5 Å². The molecular weight excluding hydrogens is 475 g/mol. The molecule has 0 aliphatic carbocycles. The number of anilines is 2. The number of esters is 1. The van der Waals surface area contributed by atoms with Crippen LogP contribution in [0.25, 0.3) is 0 Å². The van der Waals surface area contributed by atoms with Crippen LogP contribution in [-0.4, -0.2) is 35.8 Å². The van der Waals surface area contributed by atoms with Crippen molar-refractivity contribution in [1.29, 1.82) is 0 Å².